The lowest BCUT2D eigenvalue weighted by molar-refractivity contribution is -0.136. The van der Waals surface area contributed by atoms with Gasteiger partial charge in [0.1, 0.15) is 6.54 Å². The third-order valence-corrected chi connectivity index (χ3v) is 7.39. The molecule has 1 aliphatic carbocycles. The highest BCUT2D eigenvalue weighted by Gasteiger charge is 2.20. The molecule has 0 aliphatic heterocycles. The number of nitrogens with zero attached hydrogens (tertiary/aromatic N) is 2. The van der Waals surface area contributed by atoms with E-state index in [9.17, 15) is 9.59 Å². The van der Waals surface area contributed by atoms with Gasteiger partial charge in [-0.2, -0.15) is 0 Å². The average Bonchev–Trinajstić information content (AvgIpc) is 3.13. The van der Waals surface area contributed by atoms with E-state index in [1.165, 1.54) is 68.2 Å². The Morgan fingerprint density at radius 2 is 1.94 bits per heavy atom. The molecule has 1 heterocycles. The van der Waals surface area contributed by atoms with Gasteiger partial charge in [-0.25, -0.2) is 9.29 Å². The number of anilines is 1. The Morgan fingerprint density at radius 1 is 1.26 bits per heavy atom. The van der Waals surface area contributed by atoms with Crippen LogP contribution in [-0.2, 0) is 9.59 Å². The van der Waals surface area contributed by atoms with Crippen LogP contribution in [-0.4, -0.2) is 39.9 Å². The standard InChI is InChI=1S/C17H27N3O3S2.C6H14/c1-12(13-6-4-3-5-7-13)8-9-14(21)19-17-18-10-16(24-17)25-20(2)11-15(22)23;1-4-5-6(2)3/h10,12-13H,3-9,11H2,1-2H3,(H,22,23)(H,18,19,21);6H,4-5H2,1-3H3. The van der Waals surface area contributed by atoms with E-state index in [0.29, 0.717) is 17.5 Å². The molecule has 1 amide bonds. The van der Waals surface area contributed by atoms with Crippen LogP contribution in [0.25, 0.3) is 0 Å². The number of carboxylic acids is 1. The lowest BCUT2D eigenvalue weighted by atomic mass is 9.79. The number of likely N-dealkylation sites (N-methyl/N-ethyl adjacent to an activating group) is 1. The number of thiazole rings is 1. The first kappa shape index (κ1) is 27.9. The SMILES string of the molecule is CC(CCC(=O)Nc1ncc(SN(C)CC(=O)O)s1)C1CCCCC1.CCCC(C)C. The van der Waals surface area contributed by atoms with Crippen LogP contribution in [0.3, 0.4) is 0 Å². The van der Waals surface area contributed by atoms with Gasteiger partial charge in [-0.05, 0) is 43.2 Å². The lowest BCUT2D eigenvalue weighted by Crippen LogP contribution is -2.18. The molecule has 0 spiro atoms. The largest absolute Gasteiger partial charge is 0.480 e. The summed E-state index contributed by atoms with van der Waals surface area (Å²) in [7, 11) is 1.71. The fourth-order valence-electron chi connectivity index (χ4n) is 3.79. The van der Waals surface area contributed by atoms with Crippen LogP contribution in [0.1, 0.15) is 85.5 Å². The van der Waals surface area contributed by atoms with Crippen LogP contribution in [0, 0.1) is 17.8 Å². The van der Waals surface area contributed by atoms with Gasteiger partial charge in [0.15, 0.2) is 5.13 Å². The summed E-state index contributed by atoms with van der Waals surface area (Å²) < 4.78 is 2.47. The van der Waals surface area contributed by atoms with Crippen molar-refractivity contribution in [3.8, 4) is 0 Å². The minimum absolute atomic E-state index is 0.00690. The third-order valence-electron chi connectivity index (χ3n) is 5.48. The fraction of sp³-hybridized carbons (Fsp3) is 0.783. The molecule has 2 rings (SSSR count). The first-order chi connectivity index (χ1) is 14.7. The summed E-state index contributed by atoms with van der Waals surface area (Å²) in [6, 6.07) is 0. The third kappa shape index (κ3) is 13.1. The number of amides is 1. The van der Waals surface area contributed by atoms with Gasteiger partial charge in [-0.3, -0.25) is 9.59 Å². The van der Waals surface area contributed by atoms with Gasteiger partial charge in [-0.15, -0.1) is 0 Å². The molecule has 1 atom stereocenters. The molecule has 6 nitrogen and oxygen atoms in total. The van der Waals surface area contributed by atoms with Gasteiger partial charge < -0.3 is 10.4 Å². The number of carbonyl (C=O) groups excluding carboxylic acids is 1. The second-order valence-corrected chi connectivity index (χ2v) is 11.4. The number of rotatable bonds is 11. The Balaban J connectivity index is 0.000000703. The molecule has 31 heavy (non-hydrogen) atoms. The van der Waals surface area contributed by atoms with E-state index in [0.717, 1.165) is 22.5 Å². The van der Waals surface area contributed by atoms with Gasteiger partial charge in [0.25, 0.3) is 0 Å². The van der Waals surface area contributed by atoms with Gasteiger partial charge in [0.2, 0.25) is 5.91 Å². The predicted molar refractivity (Wildman–Crippen MR) is 132 cm³/mol. The van der Waals surface area contributed by atoms with Crippen molar-refractivity contribution in [3.63, 3.8) is 0 Å². The molecule has 0 aromatic carbocycles. The van der Waals surface area contributed by atoms with Crippen molar-refractivity contribution in [1.82, 2.24) is 9.29 Å². The monoisotopic (exact) mass is 471 g/mol. The molecule has 0 radical (unpaired) electrons. The normalized spacial score (nSPS) is 15.5. The highest BCUT2D eigenvalue weighted by atomic mass is 32.2. The van der Waals surface area contributed by atoms with E-state index in [1.54, 1.807) is 17.5 Å². The Hall–Kier alpha value is -1.12. The van der Waals surface area contributed by atoms with Crippen molar-refractivity contribution >= 4 is 40.3 Å². The smallest absolute Gasteiger partial charge is 0.318 e. The maximum Gasteiger partial charge on any atom is 0.318 e. The average molecular weight is 472 g/mol. The molecule has 1 unspecified atom stereocenters. The van der Waals surface area contributed by atoms with Crippen molar-refractivity contribution in [2.45, 2.75) is 89.7 Å². The van der Waals surface area contributed by atoms with Crippen LogP contribution >= 0.6 is 23.3 Å². The number of hydrogen-bond donors (Lipinski definition) is 2. The zero-order valence-electron chi connectivity index (χ0n) is 19.9. The number of nitrogens with one attached hydrogen (secondary N) is 1. The Morgan fingerprint density at radius 3 is 2.48 bits per heavy atom. The second-order valence-electron chi connectivity index (χ2n) is 8.90. The molecular weight excluding hydrogens is 430 g/mol. The Bertz CT molecular complexity index is 646. The molecule has 0 bridgehead atoms. The minimum atomic E-state index is -0.875. The minimum Gasteiger partial charge on any atom is -0.480 e. The van der Waals surface area contributed by atoms with Crippen molar-refractivity contribution in [2.24, 2.45) is 17.8 Å². The second kappa shape index (κ2) is 15.6. The summed E-state index contributed by atoms with van der Waals surface area (Å²) in [4.78, 5) is 27.0. The summed E-state index contributed by atoms with van der Waals surface area (Å²) in [6.45, 7) is 8.94. The number of hydrogen-bond acceptors (Lipinski definition) is 6. The summed E-state index contributed by atoms with van der Waals surface area (Å²) in [5.41, 5.74) is 0. The van der Waals surface area contributed by atoms with E-state index in [1.807, 2.05) is 0 Å². The fourth-order valence-corrected chi connectivity index (χ4v) is 5.71. The van der Waals surface area contributed by atoms with Crippen molar-refractivity contribution in [2.75, 3.05) is 18.9 Å². The summed E-state index contributed by atoms with van der Waals surface area (Å²) >= 11 is 2.68. The first-order valence-corrected chi connectivity index (χ1v) is 13.2. The van der Waals surface area contributed by atoms with Gasteiger partial charge >= 0.3 is 5.97 Å². The molecule has 1 aromatic rings. The van der Waals surface area contributed by atoms with Gasteiger partial charge in [0, 0.05) is 6.42 Å². The number of aromatic nitrogens is 1. The zero-order valence-corrected chi connectivity index (χ0v) is 21.5. The number of aliphatic carboxylic acids is 1. The molecule has 1 saturated carbocycles. The lowest BCUT2D eigenvalue weighted by Gasteiger charge is -2.27. The van der Waals surface area contributed by atoms with Crippen LogP contribution in [0.2, 0.25) is 0 Å². The molecule has 1 aromatic heterocycles. The maximum absolute atomic E-state index is 12.1. The highest BCUT2D eigenvalue weighted by molar-refractivity contribution is 7.99. The zero-order chi connectivity index (χ0) is 23.2. The number of carbonyl (C=O) groups is 2. The van der Waals surface area contributed by atoms with E-state index < -0.39 is 5.97 Å². The van der Waals surface area contributed by atoms with Crippen molar-refractivity contribution < 1.29 is 14.7 Å². The summed E-state index contributed by atoms with van der Waals surface area (Å²) in [6.07, 6.45) is 12.4. The van der Waals surface area contributed by atoms with Crippen molar-refractivity contribution in [3.05, 3.63) is 6.20 Å². The van der Waals surface area contributed by atoms with E-state index >= 15 is 0 Å². The Kier molecular flexibility index (Phi) is 14.1. The first-order valence-electron chi connectivity index (χ1n) is 11.6. The molecule has 178 valence electrons. The predicted octanol–water partition coefficient (Wildman–Crippen LogP) is 6.54. The van der Waals surface area contributed by atoms with Crippen LogP contribution in [0.5, 0.6) is 0 Å². The summed E-state index contributed by atoms with van der Waals surface area (Å²) in [5.74, 6) is 1.40. The van der Waals surface area contributed by atoms with Gasteiger partial charge in [0.05, 0.1) is 10.4 Å². The molecule has 1 fully saturated rings. The van der Waals surface area contributed by atoms with Crippen LogP contribution in [0.4, 0.5) is 5.13 Å². The molecular formula is C23H41N3O3S2. The molecule has 0 saturated heterocycles. The quantitative estimate of drug-likeness (QED) is 0.356. The molecule has 8 heteroatoms. The van der Waals surface area contributed by atoms with E-state index in [4.69, 9.17) is 5.11 Å². The van der Waals surface area contributed by atoms with Crippen LogP contribution < -0.4 is 5.32 Å². The van der Waals surface area contributed by atoms with Gasteiger partial charge in [-0.1, -0.05) is 84.0 Å². The van der Waals surface area contributed by atoms with Crippen LogP contribution in [0.15, 0.2) is 10.4 Å². The topological polar surface area (TPSA) is 82.5 Å². The van der Waals surface area contributed by atoms with E-state index in [-0.39, 0.29) is 12.5 Å². The van der Waals surface area contributed by atoms with Crippen molar-refractivity contribution in [1.29, 1.82) is 0 Å². The highest BCUT2D eigenvalue weighted by Crippen LogP contribution is 2.33. The number of carboxylic acid groups (broad SMARTS) is 1. The molecule has 2 N–H and O–H groups in total. The maximum atomic E-state index is 12.1. The Labute approximate surface area is 196 Å². The summed E-state index contributed by atoms with van der Waals surface area (Å²) in [5, 5.41) is 12.2. The van der Waals surface area contributed by atoms with E-state index in [2.05, 4.69) is 38.0 Å². The molecule has 1 aliphatic rings.